The summed E-state index contributed by atoms with van der Waals surface area (Å²) in [4.78, 5) is 34.9. The number of amides is 3. The number of nitrogens with one attached hydrogen (secondary N) is 2. The van der Waals surface area contributed by atoms with Gasteiger partial charge in [0.25, 0.3) is 5.91 Å². The van der Waals surface area contributed by atoms with Crippen molar-refractivity contribution in [3.8, 4) is 0 Å². The average Bonchev–Trinajstić information content (AvgIpc) is 2.65. The van der Waals surface area contributed by atoms with E-state index in [4.69, 9.17) is 4.74 Å². The molecule has 0 aliphatic heterocycles. The van der Waals surface area contributed by atoms with Crippen LogP contribution in [-0.4, -0.2) is 56.4 Å². The van der Waals surface area contributed by atoms with Crippen molar-refractivity contribution in [2.45, 2.75) is 51.5 Å². The fourth-order valence-electron chi connectivity index (χ4n) is 2.47. The molecular formula is C19H29N3O6S. The van der Waals surface area contributed by atoms with Crippen molar-refractivity contribution >= 4 is 27.9 Å². The second kappa shape index (κ2) is 11.5. The highest BCUT2D eigenvalue weighted by Crippen LogP contribution is 2.17. The minimum Gasteiger partial charge on any atom is -0.456 e. The van der Waals surface area contributed by atoms with Gasteiger partial charge in [0.2, 0.25) is 10.0 Å². The number of benzene rings is 1. The third kappa shape index (κ3) is 8.20. The molecular weight excluding hydrogens is 398 g/mol. The summed E-state index contributed by atoms with van der Waals surface area (Å²) in [6, 6.07) is 5.53. The van der Waals surface area contributed by atoms with Crippen molar-refractivity contribution in [1.29, 1.82) is 0 Å². The van der Waals surface area contributed by atoms with Crippen LogP contribution in [0.1, 0.15) is 39.7 Å². The van der Waals surface area contributed by atoms with Crippen molar-refractivity contribution in [3.63, 3.8) is 0 Å². The Kier molecular flexibility index (Phi) is 9.76. The van der Waals surface area contributed by atoms with Gasteiger partial charge in [0.05, 0.1) is 4.90 Å². The zero-order valence-corrected chi connectivity index (χ0v) is 18.0. The number of carbonyl (C=O) groups is 3. The Bertz CT molecular complexity index is 802. The molecule has 0 aliphatic rings. The fourth-order valence-corrected chi connectivity index (χ4v) is 3.92. The van der Waals surface area contributed by atoms with E-state index in [1.54, 1.807) is 39.8 Å². The zero-order valence-electron chi connectivity index (χ0n) is 17.2. The highest BCUT2D eigenvalue weighted by Gasteiger charge is 2.21. The smallest absolute Gasteiger partial charge is 0.321 e. The maximum atomic E-state index is 12.4. The van der Waals surface area contributed by atoms with Crippen LogP contribution in [0.15, 0.2) is 29.2 Å². The van der Waals surface area contributed by atoms with E-state index in [-0.39, 0.29) is 17.4 Å². The number of rotatable bonds is 10. The number of sulfonamides is 1. The number of imide groups is 1. The lowest BCUT2D eigenvalue weighted by molar-refractivity contribution is -0.148. The van der Waals surface area contributed by atoms with E-state index in [1.807, 2.05) is 0 Å². The Hall–Kier alpha value is -2.46. The SMILES string of the molecule is CCN(CC)S(=O)(=O)c1ccc(CCC(=O)OCC(=O)NC(=O)NC(C)C)cc1. The van der Waals surface area contributed by atoms with Gasteiger partial charge in [0.1, 0.15) is 0 Å². The quantitative estimate of drug-likeness (QED) is 0.545. The third-order valence-electron chi connectivity index (χ3n) is 3.92. The lowest BCUT2D eigenvalue weighted by Crippen LogP contribution is -2.44. The van der Waals surface area contributed by atoms with E-state index in [1.165, 1.54) is 16.4 Å². The Morgan fingerprint density at radius 2 is 1.66 bits per heavy atom. The summed E-state index contributed by atoms with van der Waals surface area (Å²) in [7, 11) is -3.52. The normalized spacial score (nSPS) is 11.4. The van der Waals surface area contributed by atoms with Gasteiger partial charge in [-0.25, -0.2) is 13.2 Å². The van der Waals surface area contributed by atoms with Crippen molar-refractivity contribution < 1.29 is 27.5 Å². The molecule has 3 amide bonds. The van der Waals surface area contributed by atoms with Crippen LogP contribution in [-0.2, 0) is 30.8 Å². The van der Waals surface area contributed by atoms with Crippen molar-refractivity contribution in [2.75, 3.05) is 19.7 Å². The molecule has 1 aromatic rings. The third-order valence-corrected chi connectivity index (χ3v) is 5.99. The van der Waals surface area contributed by atoms with Crippen molar-refractivity contribution in [1.82, 2.24) is 14.9 Å². The van der Waals surface area contributed by atoms with Crippen molar-refractivity contribution in [3.05, 3.63) is 29.8 Å². The molecule has 0 saturated heterocycles. The fraction of sp³-hybridized carbons (Fsp3) is 0.526. The number of carbonyl (C=O) groups excluding carboxylic acids is 3. The maximum Gasteiger partial charge on any atom is 0.321 e. The van der Waals surface area contributed by atoms with E-state index in [2.05, 4.69) is 10.6 Å². The van der Waals surface area contributed by atoms with E-state index in [0.29, 0.717) is 19.5 Å². The summed E-state index contributed by atoms with van der Waals surface area (Å²) in [5.41, 5.74) is 0.765. The van der Waals surface area contributed by atoms with Gasteiger partial charge in [-0.05, 0) is 38.0 Å². The first-order chi connectivity index (χ1) is 13.6. The minimum absolute atomic E-state index is 0.0214. The molecule has 1 aromatic carbocycles. The van der Waals surface area contributed by atoms with Gasteiger partial charge in [-0.3, -0.25) is 14.9 Å². The molecule has 0 atom stereocenters. The van der Waals surface area contributed by atoms with Crippen LogP contribution in [0.4, 0.5) is 4.79 Å². The van der Waals surface area contributed by atoms with Gasteiger partial charge in [0, 0.05) is 25.6 Å². The summed E-state index contributed by atoms with van der Waals surface area (Å²) in [5.74, 6) is -1.31. The van der Waals surface area contributed by atoms with Gasteiger partial charge in [-0.1, -0.05) is 26.0 Å². The van der Waals surface area contributed by atoms with Crippen LogP contribution >= 0.6 is 0 Å². The molecule has 0 spiro atoms. The van der Waals surface area contributed by atoms with Crippen LogP contribution in [0.3, 0.4) is 0 Å². The molecule has 29 heavy (non-hydrogen) atoms. The van der Waals surface area contributed by atoms with E-state index in [9.17, 15) is 22.8 Å². The summed E-state index contributed by atoms with van der Waals surface area (Å²) in [6.45, 7) is 7.27. The maximum absolute atomic E-state index is 12.4. The van der Waals surface area contributed by atoms with E-state index >= 15 is 0 Å². The van der Waals surface area contributed by atoms with E-state index in [0.717, 1.165) is 5.56 Å². The number of urea groups is 1. The molecule has 1 rings (SSSR count). The Morgan fingerprint density at radius 3 is 2.17 bits per heavy atom. The molecule has 9 nitrogen and oxygen atoms in total. The average molecular weight is 428 g/mol. The van der Waals surface area contributed by atoms with Crippen LogP contribution in [0.25, 0.3) is 0 Å². The highest BCUT2D eigenvalue weighted by atomic mass is 32.2. The predicted molar refractivity (Wildman–Crippen MR) is 108 cm³/mol. The second-order valence-corrected chi connectivity index (χ2v) is 8.51. The standard InChI is InChI=1S/C19H29N3O6S/c1-5-22(6-2)29(26,27)16-10-7-15(8-11-16)9-12-18(24)28-13-17(23)21-19(25)20-14(3)4/h7-8,10-11,14H,5-6,9,12-13H2,1-4H3,(H2,20,21,23,25). The minimum atomic E-state index is -3.52. The zero-order chi connectivity index (χ0) is 22.0. The summed E-state index contributed by atoms with van der Waals surface area (Å²) in [5, 5.41) is 4.53. The molecule has 0 aromatic heterocycles. The van der Waals surface area contributed by atoms with Crippen LogP contribution < -0.4 is 10.6 Å². The molecule has 0 saturated carbocycles. The Morgan fingerprint density at radius 1 is 1.07 bits per heavy atom. The molecule has 0 fully saturated rings. The first kappa shape index (κ1) is 24.6. The molecule has 0 heterocycles. The first-order valence-corrected chi connectivity index (χ1v) is 10.9. The summed E-state index contributed by atoms with van der Waals surface area (Å²) in [6.07, 6.45) is 0.355. The molecule has 0 unspecified atom stereocenters. The number of hydrogen-bond donors (Lipinski definition) is 2. The summed E-state index contributed by atoms with van der Waals surface area (Å²) < 4.78 is 31.1. The number of esters is 1. The highest BCUT2D eigenvalue weighted by molar-refractivity contribution is 7.89. The molecule has 2 N–H and O–H groups in total. The monoisotopic (exact) mass is 427 g/mol. The number of ether oxygens (including phenoxy) is 1. The van der Waals surface area contributed by atoms with Crippen LogP contribution in [0, 0.1) is 0 Å². The van der Waals surface area contributed by atoms with E-state index < -0.39 is 34.5 Å². The predicted octanol–water partition coefficient (Wildman–Crippen LogP) is 1.43. The number of hydrogen-bond acceptors (Lipinski definition) is 6. The van der Waals surface area contributed by atoms with Gasteiger partial charge in [-0.15, -0.1) is 0 Å². The Balaban J connectivity index is 2.48. The molecule has 0 radical (unpaired) electrons. The Labute approximate surface area is 171 Å². The molecule has 0 bridgehead atoms. The number of aryl methyl sites for hydroxylation is 1. The van der Waals surface area contributed by atoms with Gasteiger partial charge < -0.3 is 10.1 Å². The lowest BCUT2D eigenvalue weighted by Gasteiger charge is -2.18. The second-order valence-electron chi connectivity index (χ2n) is 6.57. The molecule has 0 aliphatic carbocycles. The topological polar surface area (TPSA) is 122 Å². The van der Waals surface area contributed by atoms with Gasteiger partial charge in [-0.2, -0.15) is 4.31 Å². The molecule has 10 heteroatoms. The van der Waals surface area contributed by atoms with Crippen LogP contribution in [0.5, 0.6) is 0 Å². The first-order valence-electron chi connectivity index (χ1n) is 9.45. The number of nitrogens with zero attached hydrogens (tertiary/aromatic N) is 1. The van der Waals surface area contributed by atoms with Gasteiger partial charge >= 0.3 is 12.0 Å². The van der Waals surface area contributed by atoms with Crippen molar-refractivity contribution in [2.24, 2.45) is 0 Å². The van der Waals surface area contributed by atoms with Crippen LogP contribution in [0.2, 0.25) is 0 Å². The molecule has 162 valence electrons. The van der Waals surface area contributed by atoms with Gasteiger partial charge in [0.15, 0.2) is 6.61 Å². The lowest BCUT2D eigenvalue weighted by atomic mass is 10.1. The summed E-state index contributed by atoms with van der Waals surface area (Å²) >= 11 is 0. The largest absolute Gasteiger partial charge is 0.456 e.